The van der Waals surface area contributed by atoms with Gasteiger partial charge in [0.2, 0.25) is 0 Å². The van der Waals surface area contributed by atoms with Gasteiger partial charge in [-0.2, -0.15) is 5.10 Å². The zero-order chi connectivity index (χ0) is 20.6. The van der Waals surface area contributed by atoms with Gasteiger partial charge in [0.05, 0.1) is 5.69 Å². The van der Waals surface area contributed by atoms with Crippen molar-refractivity contribution in [2.75, 3.05) is 6.61 Å². The van der Waals surface area contributed by atoms with Crippen LogP contribution in [0.25, 0.3) is 11.1 Å². The monoisotopic (exact) mass is 390 g/mol. The van der Waals surface area contributed by atoms with E-state index < -0.39 is 0 Å². The molecule has 0 aliphatic carbocycles. The van der Waals surface area contributed by atoms with Crippen LogP contribution < -0.4 is 4.74 Å². The molecule has 0 saturated heterocycles. The molecule has 0 N–H and O–H groups in total. The molecular formula is C25H30N2O2. The number of hydrogen-bond acceptors (Lipinski definition) is 3. The van der Waals surface area contributed by atoms with Crippen LogP contribution in [0.3, 0.4) is 0 Å². The van der Waals surface area contributed by atoms with Crippen LogP contribution in [-0.4, -0.2) is 22.3 Å². The first kappa shape index (κ1) is 20.8. The first-order chi connectivity index (χ1) is 14.1. The molecule has 4 nitrogen and oxygen atoms in total. The minimum absolute atomic E-state index is 0.0406. The third-order valence-corrected chi connectivity index (χ3v) is 5.28. The van der Waals surface area contributed by atoms with E-state index in [1.165, 1.54) is 29.5 Å². The number of hydrogen-bond donors (Lipinski definition) is 0. The molecule has 0 aliphatic heterocycles. The molecule has 0 fully saturated rings. The summed E-state index contributed by atoms with van der Waals surface area (Å²) >= 11 is 0. The van der Waals surface area contributed by atoms with Crippen molar-refractivity contribution < 1.29 is 9.53 Å². The number of para-hydroxylation sites is 1. The first-order valence-corrected chi connectivity index (χ1v) is 10.5. The fraction of sp³-hybridized carbons (Fsp3) is 0.360. The van der Waals surface area contributed by atoms with E-state index in [1.54, 1.807) is 0 Å². The summed E-state index contributed by atoms with van der Waals surface area (Å²) in [6, 6.07) is 17.9. The number of unbranched alkanes of at least 4 members (excludes halogenated alkanes) is 3. The molecule has 4 heteroatoms. The molecule has 2 aromatic carbocycles. The Morgan fingerprint density at radius 3 is 2.45 bits per heavy atom. The van der Waals surface area contributed by atoms with Gasteiger partial charge in [0, 0.05) is 11.3 Å². The van der Waals surface area contributed by atoms with Gasteiger partial charge in [-0.1, -0.05) is 74.7 Å². The highest BCUT2D eigenvalue weighted by molar-refractivity contribution is 5.81. The van der Waals surface area contributed by atoms with E-state index in [0.717, 1.165) is 35.4 Å². The second kappa shape index (κ2) is 10.1. The maximum absolute atomic E-state index is 12.8. The lowest BCUT2D eigenvalue weighted by atomic mass is 10.0. The van der Waals surface area contributed by atoms with Crippen LogP contribution in [0.1, 0.15) is 54.4 Å². The van der Waals surface area contributed by atoms with Gasteiger partial charge in [-0.3, -0.25) is 4.79 Å². The summed E-state index contributed by atoms with van der Waals surface area (Å²) in [5.41, 5.74) is 5.11. The van der Waals surface area contributed by atoms with Crippen molar-refractivity contribution in [2.24, 2.45) is 0 Å². The highest BCUT2D eigenvalue weighted by Gasteiger charge is 2.17. The van der Waals surface area contributed by atoms with E-state index in [2.05, 4.69) is 12.0 Å². The predicted octanol–water partition coefficient (Wildman–Crippen LogP) is 6.01. The van der Waals surface area contributed by atoms with E-state index in [1.807, 2.05) is 68.4 Å². The standard InChI is InChI=1S/C25H30N2O2/c1-4-5-6-10-15-22-19(2)26-27(20(22)3)25(28)18-29-24-17-12-11-16-23(24)21-13-8-7-9-14-21/h7-9,11-14,16-17H,4-6,10,15,18H2,1-3H3. The van der Waals surface area contributed by atoms with Crippen LogP contribution in [0, 0.1) is 13.8 Å². The number of rotatable bonds is 9. The van der Waals surface area contributed by atoms with Crippen molar-refractivity contribution >= 4 is 5.91 Å². The Kier molecular flexibility index (Phi) is 7.23. The van der Waals surface area contributed by atoms with E-state index >= 15 is 0 Å². The van der Waals surface area contributed by atoms with Crippen LogP contribution in [0.5, 0.6) is 5.75 Å². The second-order valence-corrected chi connectivity index (χ2v) is 7.42. The highest BCUT2D eigenvalue weighted by Crippen LogP contribution is 2.29. The van der Waals surface area contributed by atoms with E-state index in [9.17, 15) is 4.79 Å². The van der Waals surface area contributed by atoms with Gasteiger partial charge in [-0.25, -0.2) is 4.68 Å². The maximum atomic E-state index is 12.8. The van der Waals surface area contributed by atoms with Crippen LogP contribution in [0.2, 0.25) is 0 Å². The molecule has 3 aromatic rings. The minimum atomic E-state index is -0.145. The fourth-order valence-corrected chi connectivity index (χ4v) is 3.66. The summed E-state index contributed by atoms with van der Waals surface area (Å²) in [5.74, 6) is 0.557. The number of nitrogens with zero attached hydrogens (tertiary/aromatic N) is 2. The number of carbonyl (C=O) groups is 1. The lowest BCUT2D eigenvalue weighted by molar-refractivity contribution is 0.0818. The van der Waals surface area contributed by atoms with Gasteiger partial charge in [-0.15, -0.1) is 0 Å². The van der Waals surface area contributed by atoms with E-state index in [0.29, 0.717) is 5.75 Å². The van der Waals surface area contributed by atoms with Gasteiger partial charge in [0.25, 0.3) is 5.91 Å². The molecule has 1 aromatic heterocycles. The molecule has 0 bridgehead atoms. The largest absolute Gasteiger partial charge is 0.483 e. The molecule has 0 unspecified atom stereocenters. The van der Waals surface area contributed by atoms with Gasteiger partial charge >= 0.3 is 0 Å². The predicted molar refractivity (Wildman–Crippen MR) is 118 cm³/mol. The summed E-state index contributed by atoms with van der Waals surface area (Å²) in [5, 5.41) is 4.49. The molecule has 0 spiro atoms. The number of benzene rings is 2. The molecule has 0 atom stereocenters. The molecule has 0 amide bonds. The van der Waals surface area contributed by atoms with E-state index in [-0.39, 0.29) is 12.5 Å². The SMILES string of the molecule is CCCCCCc1c(C)nn(C(=O)COc2ccccc2-c2ccccc2)c1C. The van der Waals surface area contributed by atoms with Gasteiger partial charge < -0.3 is 4.74 Å². The molecule has 0 radical (unpaired) electrons. The zero-order valence-corrected chi connectivity index (χ0v) is 17.6. The molecular weight excluding hydrogens is 360 g/mol. The lowest BCUT2D eigenvalue weighted by Gasteiger charge is -2.11. The molecule has 1 heterocycles. The Morgan fingerprint density at radius 2 is 1.69 bits per heavy atom. The van der Waals surface area contributed by atoms with Crippen molar-refractivity contribution in [3.05, 3.63) is 71.5 Å². The number of aromatic nitrogens is 2. The van der Waals surface area contributed by atoms with Crippen LogP contribution >= 0.6 is 0 Å². The fourth-order valence-electron chi connectivity index (χ4n) is 3.66. The van der Waals surface area contributed by atoms with Crippen molar-refractivity contribution in [2.45, 2.75) is 52.9 Å². The quantitative estimate of drug-likeness (QED) is 0.420. The Bertz CT molecular complexity index is 945. The average molecular weight is 391 g/mol. The third-order valence-electron chi connectivity index (χ3n) is 5.28. The second-order valence-electron chi connectivity index (χ2n) is 7.42. The van der Waals surface area contributed by atoms with E-state index in [4.69, 9.17) is 4.74 Å². The minimum Gasteiger partial charge on any atom is -0.483 e. The summed E-state index contributed by atoms with van der Waals surface area (Å²) in [7, 11) is 0. The Balaban J connectivity index is 1.69. The summed E-state index contributed by atoms with van der Waals surface area (Å²) in [6.07, 6.45) is 5.80. The highest BCUT2D eigenvalue weighted by atomic mass is 16.5. The van der Waals surface area contributed by atoms with Gasteiger partial charge in [-0.05, 0) is 43.9 Å². The molecule has 0 saturated carbocycles. The topological polar surface area (TPSA) is 44.1 Å². The molecule has 3 rings (SSSR count). The smallest absolute Gasteiger partial charge is 0.284 e. The third kappa shape index (κ3) is 5.14. The Morgan fingerprint density at radius 1 is 0.966 bits per heavy atom. The maximum Gasteiger partial charge on any atom is 0.284 e. The van der Waals surface area contributed by atoms with Crippen LogP contribution in [0.15, 0.2) is 54.6 Å². The zero-order valence-electron chi connectivity index (χ0n) is 17.6. The Labute approximate surface area is 173 Å². The van der Waals surface area contributed by atoms with Crippen molar-refractivity contribution in [1.82, 2.24) is 9.78 Å². The van der Waals surface area contributed by atoms with Gasteiger partial charge in [0.15, 0.2) is 6.61 Å². The summed E-state index contributed by atoms with van der Waals surface area (Å²) in [4.78, 5) is 12.8. The van der Waals surface area contributed by atoms with Crippen molar-refractivity contribution in [3.8, 4) is 16.9 Å². The first-order valence-electron chi connectivity index (χ1n) is 10.5. The van der Waals surface area contributed by atoms with Crippen LogP contribution in [0.4, 0.5) is 0 Å². The summed E-state index contributed by atoms with van der Waals surface area (Å²) < 4.78 is 7.42. The van der Waals surface area contributed by atoms with Gasteiger partial charge in [0.1, 0.15) is 5.75 Å². The number of carbonyl (C=O) groups excluding carboxylic acids is 1. The summed E-state index contributed by atoms with van der Waals surface area (Å²) in [6.45, 7) is 6.13. The average Bonchev–Trinajstić information content (AvgIpc) is 3.04. The number of ether oxygens (including phenoxy) is 1. The van der Waals surface area contributed by atoms with Crippen molar-refractivity contribution in [3.63, 3.8) is 0 Å². The lowest BCUT2D eigenvalue weighted by Crippen LogP contribution is -2.22. The van der Waals surface area contributed by atoms with Crippen molar-refractivity contribution in [1.29, 1.82) is 0 Å². The Hall–Kier alpha value is -2.88. The molecule has 29 heavy (non-hydrogen) atoms. The number of aryl methyl sites for hydroxylation is 1. The van der Waals surface area contributed by atoms with Crippen LogP contribution in [-0.2, 0) is 6.42 Å². The molecule has 152 valence electrons. The normalized spacial score (nSPS) is 10.9. The molecule has 0 aliphatic rings.